The first-order valence-corrected chi connectivity index (χ1v) is 9.17. The van der Waals surface area contributed by atoms with Crippen LogP contribution in [0.15, 0.2) is 23.1 Å². The standard InChI is InChI=1S/C18H27NS/c1-3-11-19-17-9-10-18(13(17)2)20-16-8-7-14-5-4-6-15(14)12-16/h7-8,12-13,17-19H,3-6,9-11H2,1-2H3. The minimum Gasteiger partial charge on any atom is -0.314 e. The topological polar surface area (TPSA) is 12.0 Å². The second kappa shape index (κ2) is 6.53. The molecule has 2 heteroatoms. The second-order valence-electron chi connectivity index (χ2n) is 6.44. The molecule has 1 aromatic rings. The molecule has 2 aliphatic carbocycles. The summed E-state index contributed by atoms with van der Waals surface area (Å²) in [4.78, 5) is 1.50. The normalized spacial score (nSPS) is 28.8. The van der Waals surface area contributed by atoms with Crippen LogP contribution in [0.5, 0.6) is 0 Å². The van der Waals surface area contributed by atoms with Crippen LogP contribution in [0, 0.1) is 5.92 Å². The van der Waals surface area contributed by atoms with Crippen LogP contribution in [-0.2, 0) is 12.8 Å². The first-order chi connectivity index (χ1) is 9.78. The number of hydrogen-bond donors (Lipinski definition) is 1. The molecule has 0 aliphatic heterocycles. The molecule has 0 saturated heterocycles. The Balaban J connectivity index is 1.61. The van der Waals surface area contributed by atoms with E-state index in [2.05, 4.69) is 49.1 Å². The van der Waals surface area contributed by atoms with E-state index >= 15 is 0 Å². The van der Waals surface area contributed by atoms with Gasteiger partial charge in [0.25, 0.3) is 0 Å². The summed E-state index contributed by atoms with van der Waals surface area (Å²) in [6.07, 6.45) is 7.90. The Labute approximate surface area is 127 Å². The fourth-order valence-electron chi connectivity index (χ4n) is 3.71. The van der Waals surface area contributed by atoms with E-state index < -0.39 is 0 Å². The second-order valence-corrected chi connectivity index (χ2v) is 7.75. The summed E-state index contributed by atoms with van der Waals surface area (Å²) >= 11 is 2.12. The van der Waals surface area contributed by atoms with E-state index in [-0.39, 0.29) is 0 Å². The molecular weight excluding hydrogens is 262 g/mol. The largest absolute Gasteiger partial charge is 0.314 e. The maximum atomic E-state index is 3.73. The van der Waals surface area contributed by atoms with Gasteiger partial charge in [-0.25, -0.2) is 0 Å². The van der Waals surface area contributed by atoms with Crippen LogP contribution in [0.3, 0.4) is 0 Å². The maximum Gasteiger partial charge on any atom is 0.0135 e. The molecule has 3 atom stereocenters. The van der Waals surface area contributed by atoms with Gasteiger partial charge < -0.3 is 5.32 Å². The first-order valence-electron chi connectivity index (χ1n) is 8.29. The number of thioether (sulfide) groups is 1. The summed E-state index contributed by atoms with van der Waals surface area (Å²) < 4.78 is 0. The number of aryl methyl sites for hydroxylation is 2. The van der Waals surface area contributed by atoms with Crippen LogP contribution < -0.4 is 5.32 Å². The number of benzene rings is 1. The minimum absolute atomic E-state index is 0.738. The Morgan fingerprint density at radius 1 is 1.20 bits per heavy atom. The monoisotopic (exact) mass is 289 g/mol. The predicted octanol–water partition coefficient (Wildman–Crippen LogP) is 4.43. The molecule has 1 nitrogen and oxygen atoms in total. The quantitative estimate of drug-likeness (QED) is 0.860. The lowest BCUT2D eigenvalue weighted by molar-refractivity contribution is 0.432. The average molecular weight is 289 g/mol. The van der Waals surface area contributed by atoms with Crippen molar-refractivity contribution in [1.29, 1.82) is 0 Å². The zero-order valence-electron chi connectivity index (χ0n) is 12.8. The van der Waals surface area contributed by atoms with Crippen molar-refractivity contribution < 1.29 is 0 Å². The highest BCUT2D eigenvalue weighted by atomic mass is 32.2. The van der Waals surface area contributed by atoms with Gasteiger partial charge in [-0.3, -0.25) is 0 Å². The highest BCUT2D eigenvalue weighted by Gasteiger charge is 2.32. The Morgan fingerprint density at radius 3 is 2.90 bits per heavy atom. The minimum atomic E-state index is 0.738. The summed E-state index contributed by atoms with van der Waals surface area (Å²) in [6, 6.07) is 7.93. The van der Waals surface area contributed by atoms with Gasteiger partial charge in [0.1, 0.15) is 0 Å². The molecule has 0 amide bonds. The van der Waals surface area contributed by atoms with Crippen LogP contribution in [0.1, 0.15) is 50.7 Å². The fourth-order valence-corrected chi connectivity index (χ4v) is 5.07. The van der Waals surface area contributed by atoms with Crippen LogP contribution in [-0.4, -0.2) is 17.8 Å². The van der Waals surface area contributed by atoms with Gasteiger partial charge in [-0.2, -0.15) is 0 Å². The molecule has 2 aliphatic rings. The lowest BCUT2D eigenvalue weighted by atomic mass is 10.1. The molecule has 1 saturated carbocycles. The number of hydrogen-bond acceptors (Lipinski definition) is 2. The number of nitrogens with one attached hydrogen (secondary N) is 1. The van der Waals surface area contributed by atoms with E-state index in [4.69, 9.17) is 0 Å². The molecule has 0 heterocycles. The molecule has 3 unspecified atom stereocenters. The Kier molecular flexibility index (Phi) is 4.72. The highest BCUT2D eigenvalue weighted by Crippen LogP contribution is 2.40. The maximum absolute atomic E-state index is 3.73. The van der Waals surface area contributed by atoms with Gasteiger partial charge >= 0.3 is 0 Å². The van der Waals surface area contributed by atoms with Gasteiger partial charge in [0.2, 0.25) is 0 Å². The van der Waals surface area contributed by atoms with Crippen molar-refractivity contribution in [1.82, 2.24) is 5.32 Å². The molecular formula is C18H27NS. The lowest BCUT2D eigenvalue weighted by Crippen LogP contribution is -2.33. The third-order valence-electron chi connectivity index (χ3n) is 5.00. The molecule has 0 spiro atoms. The van der Waals surface area contributed by atoms with Crippen molar-refractivity contribution in [2.45, 2.75) is 68.6 Å². The third-order valence-corrected chi connectivity index (χ3v) is 6.49. The summed E-state index contributed by atoms with van der Waals surface area (Å²) in [5.74, 6) is 0.791. The van der Waals surface area contributed by atoms with Gasteiger partial charge in [-0.15, -0.1) is 11.8 Å². The van der Waals surface area contributed by atoms with E-state index in [0.717, 1.165) is 17.2 Å². The highest BCUT2D eigenvalue weighted by molar-refractivity contribution is 8.00. The van der Waals surface area contributed by atoms with Crippen LogP contribution in [0.2, 0.25) is 0 Å². The number of rotatable bonds is 5. The predicted molar refractivity (Wildman–Crippen MR) is 88.6 cm³/mol. The van der Waals surface area contributed by atoms with E-state index in [1.165, 1.54) is 50.0 Å². The van der Waals surface area contributed by atoms with Crippen molar-refractivity contribution >= 4 is 11.8 Å². The van der Waals surface area contributed by atoms with Crippen LogP contribution in [0.4, 0.5) is 0 Å². The van der Waals surface area contributed by atoms with Gasteiger partial charge in [0.15, 0.2) is 0 Å². The molecule has 1 N–H and O–H groups in total. The zero-order valence-corrected chi connectivity index (χ0v) is 13.6. The van der Waals surface area contributed by atoms with E-state index in [1.54, 1.807) is 11.1 Å². The molecule has 3 rings (SSSR count). The summed E-state index contributed by atoms with van der Waals surface area (Å²) in [7, 11) is 0. The number of fused-ring (bicyclic) bond motifs is 1. The Bertz CT molecular complexity index is 457. The SMILES string of the molecule is CCCNC1CCC(Sc2ccc3c(c2)CCC3)C1C. The molecule has 110 valence electrons. The zero-order chi connectivity index (χ0) is 13.9. The summed E-state index contributed by atoms with van der Waals surface area (Å²) in [5, 5.41) is 4.52. The average Bonchev–Trinajstić information content (AvgIpc) is 3.05. The van der Waals surface area contributed by atoms with Crippen LogP contribution in [0.25, 0.3) is 0 Å². The summed E-state index contributed by atoms with van der Waals surface area (Å²) in [5.41, 5.74) is 3.21. The molecule has 0 radical (unpaired) electrons. The smallest absolute Gasteiger partial charge is 0.0135 e. The lowest BCUT2D eigenvalue weighted by Gasteiger charge is -2.21. The molecule has 1 aromatic carbocycles. The van der Waals surface area contributed by atoms with Crippen LogP contribution >= 0.6 is 11.8 Å². The van der Waals surface area contributed by atoms with Crippen molar-refractivity contribution in [2.75, 3.05) is 6.54 Å². The van der Waals surface area contributed by atoms with E-state index in [9.17, 15) is 0 Å². The van der Waals surface area contributed by atoms with Gasteiger partial charge in [0, 0.05) is 16.2 Å². The van der Waals surface area contributed by atoms with Gasteiger partial charge in [0.05, 0.1) is 0 Å². The van der Waals surface area contributed by atoms with E-state index in [0.29, 0.717) is 0 Å². The fraction of sp³-hybridized carbons (Fsp3) is 0.667. The van der Waals surface area contributed by atoms with Crippen molar-refractivity contribution in [2.24, 2.45) is 5.92 Å². The van der Waals surface area contributed by atoms with Crippen molar-refractivity contribution in [3.63, 3.8) is 0 Å². The third kappa shape index (κ3) is 3.07. The van der Waals surface area contributed by atoms with Gasteiger partial charge in [-0.1, -0.05) is 19.9 Å². The Morgan fingerprint density at radius 2 is 2.05 bits per heavy atom. The van der Waals surface area contributed by atoms with Crippen molar-refractivity contribution in [3.8, 4) is 0 Å². The van der Waals surface area contributed by atoms with Gasteiger partial charge in [-0.05, 0) is 74.2 Å². The molecule has 1 fully saturated rings. The van der Waals surface area contributed by atoms with Crippen molar-refractivity contribution in [3.05, 3.63) is 29.3 Å². The summed E-state index contributed by atoms with van der Waals surface area (Å²) in [6.45, 7) is 5.86. The van der Waals surface area contributed by atoms with E-state index in [1.807, 2.05) is 0 Å². The molecule has 20 heavy (non-hydrogen) atoms. The first kappa shape index (κ1) is 14.5. The molecule has 0 aromatic heterocycles. The Hall–Kier alpha value is -0.470. The molecule has 0 bridgehead atoms.